The number of hydrogen-bond acceptors (Lipinski definition) is 8. The lowest BCUT2D eigenvalue weighted by Gasteiger charge is -2.36. The minimum atomic E-state index is -5.39. The highest BCUT2D eigenvalue weighted by atomic mass is 32.2. The van der Waals surface area contributed by atoms with Gasteiger partial charge in [-0.1, -0.05) is 25.7 Å². The van der Waals surface area contributed by atoms with Crippen LogP contribution in [-0.2, 0) is 4.57 Å². The highest BCUT2D eigenvalue weighted by Crippen LogP contribution is 2.22. The van der Waals surface area contributed by atoms with E-state index in [0.29, 0.717) is 5.69 Å². The fraction of sp³-hybridized carbons (Fsp3) is 0.533. The number of rotatable bonds is 2. The van der Waals surface area contributed by atoms with E-state index >= 15 is 0 Å². The van der Waals surface area contributed by atoms with Gasteiger partial charge in [0.25, 0.3) is 0 Å². The van der Waals surface area contributed by atoms with Gasteiger partial charge >= 0.3 is 0 Å². The largest absolute Gasteiger partial charge is 0.822 e. The zero-order valence-electron chi connectivity index (χ0n) is 13.4. The van der Waals surface area contributed by atoms with E-state index < -0.39 is 7.82 Å². The van der Waals surface area contributed by atoms with Gasteiger partial charge in [0, 0.05) is 36.3 Å². The molecule has 2 aliphatic rings. The lowest BCUT2D eigenvalue weighted by molar-refractivity contribution is -0.432. The maximum Gasteiger partial charge on any atom is 0.234 e. The second-order valence-corrected chi connectivity index (χ2v) is 7.46. The van der Waals surface area contributed by atoms with Crippen LogP contribution < -0.4 is 20.4 Å². The molecule has 0 unspecified atom stereocenters. The van der Waals surface area contributed by atoms with E-state index in [0.717, 1.165) is 18.7 Å². The summed E-state index contributed by atoms with van der Waals surface area (Å²) < 4.78 is 10.7. The van der Waals surface area contributed by atoms with Gasteiger partial charge in [0.1, 0.15) is 0 Å². The Balaban J connectivity index is 0.000000297. The SMILES string of the molecule is C1CC1.Nc1ccc(C(=O)SN2CCCCC2)cc1.O=P([O-])([O-])[O-]. The van der Waals surface area contributed by atoms with Crippen molar-refractivity contribution >= 4 is 30.6 Å². The molecule has 0 aromatic heterocycles. The number of piperidine rings is 1. The number of carbonyl (C=O) groups is 1. The maximum atomic E-state index is 11.9. The predicted octanol–water partition coefficient (Wildman–Crippen LogP) is 0.889. The minimum Gasteiger partial charge on any atom is -0.822 e. The first-order valence-electron chi connectivity index (χ1n) is 7.81. The molecule has 1 aromatic carbocycles. The molecule has 3 rings (SSSR count). The summed E-state index contributed by atoms with van der Waals surface area (Å²) in [6.45, 7) is 2.04. The monoisotopic (exact) mass is 373 g/mol. The smallest absolute Gasteiger partial charge is 0.234 e. The van der Waals surface area contributed by atoms with Gasteiger partial charge in [0.2, 0.25) is 5.12 Å². The minimum absolute atomic E-state index is 0.113. The van der Waals surface area contributed by atoms with E-state index in [1.807, 2.05) is 0 Å². The number of anilines is 1. The Labute approximate surface area is 146 Å². The second-order valence-electron chi connectivity index (χ2n) is 5.50. The van der Waals surface area contributed by atoms with Crippen LogP contribution in [0.1, 0.15) is 48.9 Å². The van der Waals surface area contributed by atoms with E-state index in [4.69, 9.17) is 25.0 Å². The molecule has 1 heterocycles. The topological polar surface area (TPSA) is 133 Å². The van der Waals surface area contributed by atoms with E-state index in [2.05, 4.69) is 4.31 Å². The van der Waals surface area contributed by atoms with Crippen molar-refractivity contribution < 1.29 is 24.0 Å². The second kappa shape index (κ2) is 10.9. The Morgan fingerprint density at radius 1 is 0.958 bits per heavy atom. The third-order valence-electron chi connectivity index (χ3n) is 3.03. The highest BCUT2D eigenvalue weighted by Gasteiger charge is 2.15. The number of phosphoric acid groups is 1. The van der Waals surface area contributed by atoms with Crippen molar-refractivity contribution in [2.24, 2.45) is 0 Å². The van der Waals surface area contributed by atoms with Gasteiger partial charge < -0.3 is 25.0 Å². The molecule has 24 heavy (non-hydrogen) atoms. The van der Waals surface area contributed by atoms with Crippen LogP contribution in [0.3, 0.4) is 0 Å². The summed E-state index contributed by atoms with van der Waals surface area (Å²) in [5.41, 5.74) is 7.00. The number of benzene rings is 1. The van der Waals surface area contributed by atoms with Crippen LogP contribution in [0.5, 0.6) is 0 Å². The van der Waals surface area contributed by atoms with Gasteiger partial charge in [-0.25, -0.2) is 4.31 Å². The zero-order valence-corrected chi connectivity index (χ0v) is 15.1. The summed E-state index contributed by atoms with van der Waals surface area (Å²) >= 11 is 1.33. The van der Waals surface area contributed by atoms with Crippen molar-refractivity contribution in [1.82, 2.24) is 4.31 Å². The Kier molecular flexibility index (Phi) is 9.58. The predicted molar refractivity (Wildman–Crippen MR) is 89.7 cm³/mol. The van der Waals surface area contributed by atoms with Crippen molar-refractivity contribution in [3.8, 4) is 0 Å². The molecule has 2 N–H and O–H groups in total. The normalized spacial score (nSPS) is 17.0. The third-order valence-corrected chi connectivity index (χ3v) is 4.05. The number of nitrogen functional groups attached to an aromatic ring is 1. The summed E-state index contributed by atoms with van der Waals surface area (Å²) in [4.78, 5) is 37.6. The van der Waals surface area contributed by atoms with Crippen LogP contribution in [-0.4, -0.2) is 22.5 Å². The van der Waals surface area contributed by atoms with Crippen LogP contribution in [0.15, 0.2) is 24.3 Å². The van der Waals surface area contributed by atoms with Crippen LogP contribution >= 0.6 is 19.8 Å². The van der Waals surface area contributed by atoms with E-state index in [1.165, 1.54) is 50.5 Å². The van der Waals surface area contributed by atoms with Gasteiger partial charge in [-0.15, -0.1) is 0 Å². The highest BCUT2D eigenvalue weighted by molar-refractivity contribution is 8.12. The van der Waals surface area contributed by atoms with Crippen molar-refractivity contribution in [2.75, 3.05) is 18.8 Å². The first kappa shape index (κ1) is 21.2. The van der Waals surface area contributed by atoms with Crippen molar-refractivity contribution in [3.63, 3.8) is 0 Å². The maximum absolute atomic E-state index is 11.9. The molecule has 1 aliphatic carbocycles. The molecule has 136 valence electrons. The Morgan fingerprint density at radius 2 is 1.38 bits per heavy atom. The van der Waals surface area contributed by atoms with Crippen molar-refractivity contribution in [1.29, 1.82) is 0 Å². The Morgan fingerprint density at radius 3 is 1.79 bits per heavy atom. The Bertz CT molecular complexity index is 530. The van der Waals surface area contributed by atoms with Crippen molar-refractivity contribution in [3.05, 3.63) is 29.8 Å². The van der Waals surface area contributed by atoms with E-state index in [-0.39, 0.29) is 5.12 Å². The molecule has 9 heteroatoms. The molecule has 1 saturated carbocycles. The molecular weight excluding hydrogens is 351 g/mol. The third kappa shape index (κ3) is 12.5. The fourth-order valence-corrected chi connectivity index (χ4v) is 2.66. The number of nitrogens with zero attached hydrogens (tertiary/aromatic N) is 1. The standard InChI is InChI=1S/C12H16N2OS.C3H6.H3O4P/c13-11-6-4-10(5-7-11)12(15)16-14-8-2-1-3-9-14;1-2-3-1;1-5(2,3)4/h4-7H,1-3,8-9,13H2;1-3H2;(H3,1,2,3,4)/p-3. The molecule has 7 nitrogen and oxygen atoms in total. The molecule has 1 aromatic rings. The van der Waals surface area contributed by atoms with Crippen LogP contribution in [0, 0.1) is 0 Å². The lowest BCUT2D eigenvalue weighted by atomic mass is 10.2. The van der Waals surface area contributed by atoms with Gasteiger partial charge in [0.05, 0.1) is 0 Å². The number of nitrogens with two attached hydrogens (primary N) is 1. The van der Waals surface area contributed by atoms with Gasteiger partial charge in [-0.3, -0.25) is 4.79 Å². The molecular formula is C15H22N2O5PS-3. The van der Waals surface area contributed by atoms with Crippen LogP contribution in [0.25, 0.3) is 0 Å². The quantitative estimate of drug-likeness (QED) is 0.459. The van der Waals surface area contributed by atoms with Crippen LogP contribution in [0.4, 0.5) is 5.69 Å². The molecule has 0 amide bonds. The summed E-state index contributed by atoms with van der Waals surface area (Å²) in [6, 6.07) is 7.11. The summed E-state index contributed by atoms with van der Waals surface area (Å²) in [5, 5.41) is 0.113. The zero-order chi connectivity index (χ0) is 18.0. The molecule has 0 radical (unpaired) electrons. The average Bonchev–Trinajstić information content (AvgIpc) is 3.36. The molecule has 0 atom stereocenters. The summed E-state index contributed by atoms with van der Waals surface area (Å²) in [5.74, 6) is 0. The van der Waals surface area contributed by atoms with Crippen molar-refractivity contribution in [2.45, 2.75) is 38.5 Å². The van der Waals surface area contributed by atoms with E-state index in [1.54, 1.807) is 24.3 Å². The number of carbonyl (C=O) groups excluding carboxylic acids is 1. The first-order chi connectivity index (χ1) is 11.3. The summed E-state index contributed by atoms with van der Waals surface area (Å²) in [7, 11) is -5.39. The van der Waals surface area contributed by atoms with Gasteiger partial charge in [-0.2, -0.15) is 7.82 Å². The van der Waals surface area contributed by atoms with Crippen LogP contribution in [0.2, 0.25) is 0 Å². The molecule has 1 aliphatic heterocycles. The molecule has 0 spiro atoms. The van der Waals surface area contributed by atoms with Gasteiger partial charge in [0.15, 0.2) is 0 Å². The lowest BCUT2D eigenvalue weighted by Crippen LogP contribution is -2.24. The Hall–Kier alpha value is -0.890. The fourth-order valence-electron chi connectivity index (χ4n) is 1.75. The summed E-state index contributed by atoms with van der Waals surface area (Å²) in [6.07, 6.45) is 8.18. The molecule has 0 bridgehead atoms. The molecule has 1 saturated heterocycles. The van der Waals surface area contributed by atoms with E-state index in [9.17, 15) is 4.79 Å². The average molecular weight is 373 g/mol. The first-order valence-corrected chi connectivity index (χ1v) is 10.0. The molecule has 2 fully saturated rings. The number of hydrogen-bond donors (Lipinski definition) is 1. The van der Waals surface area contributed by atoms with Gasteiger partial charge in [-0.05, 0) is 37.1 Å².